The Balaban J connectivity index is 1.49. The third kappa shape index (κ3) is 4.52. The number of H-pyrrole nitrogens is 1. The van der Waals surface area contributed by atoms with E-state index in [4.69, 9.17) is 0 Å². The highest BCUT2D eigenvalue weighted by Gasteiger charge is 2.13. The van der Waals surface area contributed by atoms with Crippen LogP contribution in [-0.4, -0.2) is 26.8 Å². The standard InChI is InChI=1S/C22H17FN4OS/c23-17-11-5-7-13-19(17)29-14-20(28)24-18-12-6-4-10-16(18)22-25-21(26-27-22)15-8-2-1-3-9-15/h1-13H,14H2,(H,24,28)(H,25,26,27). The number of anilines is 1. The van der Waals surface area contributed by atoms with Crippen LogP contribution >= 0.6 is 11.8 Å². The van der Waals surface area contributed by atoms with Crippen molar-refractivity contribution in [1.29, 1.82) is 0 Å². The zero-order valence-electron chi connectivity index (χ0n) is 15.3. The predicted molar refractivity (Wildman–Crippen MR) is 113 cm³/mol. The summed E-state index contributed by atoms with van der Waals surface area (Å²) >= 11 is 1.15. The van der Waals surface area contributed by atoms with E-state index in [0.29, 0.717) is 22.2 Å². The minimum atomic E-state index is -0.333. The normalized spacial score (nSPS) is 10.7. The molecule has 0 radical (unpaired) electrons. The Labute approximate surface area is 171 Å². The van der Waals surface area contributed by atoms with Crippen molar-refractivity contribution in [2.75, 3.05) is 11.1 Å². The van der Waals surface area contributed by atoms with Gasteiger partial charge in [0.25, 0.3) is 0 Å². The third-order valence-electron chi connectivity index (χ3n) is 4.17. The molecular weight excluding hydrogens is 387 g/mol. The van der Waals surface area contributed by atoms with Crippen molar-refractivity contribution in [3.05, 3.63) is 84.7 Å². The summed E-state index contributed by atoms with van der Waals surface area (Å²) in [6.07, 6.45) is 0. The van der Waals surface area contributed by atoms with Gasteiger partial charge in [-0.3, -0.25) is 9.89 Å². The van der Waals surface area contributed by atoms with Crippen molar-refractivity contribution in [1.82, 2.24) is 15.2 Å². The van der Waals surface area contributed by atoms with Crippen LogP contribution in [0.4, 0.5) is 10.1 Å². The number of hydrogen-bond acceptors (Lipinski definition) is 4. The molecule has 4 rings (SSSR count). The van der Waals surface area contributed by atoms with Crippen LogP contribution in [0.5, 0.6) is 0 Å². The topological polar surface area (TPSA) is 70.7 Å². The molecule has 0 aliphatic carbocycles. The molecule has 0 fully saturated rings. The number of nitrogens with zero attached hydrogens (tertiary/aromatic N) is 2. The van der Waals surface area contributed by atoms with E-state index in [2.05, 4.69) is 20.5 Å². The van der Waals surface area contributed by atoms with Crippen LogP contribution in [0, 0.1) is 5.82 Å². The van der Waals surface area contributed by atoms with Gasteiger partial charge in [-0.25, -0.2) is 9.37 Å². The van der Waals surface area contributed by atoms with Gasteiger partial charge in [0.1, 0.15) is 5.82 Å². The van der Waals surface area contributed by atoms with Crippen LogP contribution in [0.25, 0.3) is 22.8 Å². The van der Waals surface area contributed by atoms with Gasteiger partial charge in [0, 0.05) is 16.0 Å². The Morgan fingerprint density at radius 2 is 1.69 bits per heavy atom. The Hall–Kier alpha value is -3.45. The van der Waals surface area contributed by atoms with Gasteiger partial charge in [-0.05, 0) is 24.3 Å². The van der Waals surface area contributed by atoms with Crippen molar-refractivity contribution in [3.8, 4) is 22.8 Å². The second-order valence-electron chi connectivity index (χ2n) is 6.19. The molecule has 0 saturated carbocycles. The largest absolute Gasteiger partial charge is 0.325 e. The first-order valence-electron chi connectivity index (χ1n) is 8.95. The van der Waals surface area contributed by atoms with Gasteiger partial charge in [0.15, 0.2) is 11.6 Å². The van der Waals surface area contributed by atoms with E-state index >= 15 is 0 Å². The number of amides is 1. The number of carbonyl (C=O) groups is 1. The molecule has 29 heavy (non-hydrogen) atoms. The molecule has 1 aromatic heterocycles. The Morgan fingerprint density at radius 3 is 2.52 bits per heavy atom. The van der Waals surface area contributed by atoms with Crippen molar-refractivity contribution in [3.63, 3.8) is 0 Å². The van der Waals surface area contributed by atoms with Crippen LogP contribution < -0.4 is 5.32 Å². The van der Waals surface area contributed by atoms with E-state index in [1.165, 1.54) is 6.07 Å². The molecule has 144 valence electrons. The van der Waals surface area contributed by atoms with Gasteiger partial charge in [0.2, 0.25) is 5.91 Å². The zero-order chi connectivity index (χ0) is 20.1. The average Bonchev–Trinajstić information content (AvgIpc) is 3.24. The minimum absolute atomic E-state index is 0.0982. The molecule has 5 nitrogen and oxygen atoms in total. The fourth-order valence-electron chi connectivity index (χ4n) is 2.79. The maximum absolute atomic E-state index is 13.7. The highest BCUT2D eigenvalue weighted by atomic mass is 32.2. The lowest BCUT2D eigenvalue weighted by Crippen LogP contribution is -2.14. The fourth-order valence-corrected chi connectivity index (χ4v) is 3.53. The van der Waals surface area contributed by atoms with Gasteiger partial charge in [-0.1, -0.05) is 54.6 Å². The fraction of sp³-hybridized carbons (Fsp3) is 0.0455. The number of para-hydroxylation sites is 1. The highest BCUT2D eigenvalue weighted by Crippen LogP contribution is 2.27. The molecular formula is C22H17FN4OS. The number of aromatic amines is 1. The molecule has 1 amide bonds. The summed E-state index contributed by atoms with van der Waals surface area (Å²) in [4.78, 5) is 17.4. The lowest BCUT2D eigenvalue weighted by atomic mass is 10.1. The first-order chi connectivity index (χ1) is 14.2. The lowest BCUT2D eigenvalue weighted by molar-refractivity contribution is -0.113. The third-order valence-corrected chi connectivity index (χ3v) is 5.22. The smallest absolute Gasteiger partial charge is 0.234 e. The summed E-state index contributed by atoms with van der Waals surface area (Å²) < 4.78 is 13.7. The molecule has 0 atom stereocenters. The van der Waals surface area contributed by atoms with Crippen LogP contribution in [-0.2, 0) is 4.79 Å². The number of hydrogen-bond donors (Lipinski definition) is 2. The average molecular weight is 404 g/mol. The lowest BCUT2D eigenvalue weighted by Gasteiger charge is -2.09. The quantitative estimate of drug-likeness (QED) is 0.443. The summed E-state index contributed by atoms with van der Waals surface area (Å²) in [6, 6.07) is 23.4. The van der Waals surface area contributed by atoms with E-state index in [-0.39, 0.29) is 17.5 Å². The zero-order valence-corrected chi connectivity index (χ0v) is 16.1. The van der Waals surface area contributed by atoms with Crippen LogP contribution in [0.3, 0.4) is 0 Å². The van der Waals surface area contributed by atoms with E-state index in [0.717, 1.165) is 22.9 Å². The van der Waals surface area contributed by atoms with Crippen LogP contribution in [0.1, 0.15) is 0 Å². The van der Waals surface area contributed by atoms with Gasteiger partial charge in [0.05, 0.1) is 11.4 Å². The first kappa shape index (κ1) is 18.9. The van der Waals surface area contributed by atoms with Gasteiger partial charge in [-0.15, -0.1) is 11.8 Å². The molecule has 0 bridgehead atoms. The molecule has 0 saturated heterocycles. The molecule has 0 spiro atoms. The Morgan fingerprint density at radius 1 is 0.966 bits per heavy atom. The molecule has 0 unspecified atom stereocenters. The van der Waals surface area contributed by atoms with Gasteiger partial charge < -0.3 is 5.32 Å². The number of aromatic nitrogens is 3. The first-order valence-corrected chi connectivity index (χ1v) is 9.93. The molecule has 3 aromatic carbocycles. The van der Waals surface area contributed by atoms with E-state index in [9.17, 15) is 9.18 Å². The number of benzene rings is 3. The van der Waals surface area contributed by atoms with Gasteiger partial charge in [-0.2, -0.15) is 5.10 Å². The Kier molecular flexibility index (Phi) is 5.67. The summed E-state index contributed by atoms with van der Waals surface area (Å²) in [6.45, 7) is 0. The maximum atomic E-state index is 13.7. The van der Waals surface area contributed by atoms with Crippen LogP contribution in [0.15, 0.2) is 83.8 Å². The van der Waals surface area contributed by atoms with Crippen molar-refractivity contribution in [2.45, 2.75) is 4.90 Å². The SMILES string of the molecule is O=C(CSc1ccccc1F)Nc1ccccc1-c1nc(-c2ccccc2)n[nH]1. The Bertz CT molecular complexity index is 1130. The van der Waals surface area contributed by atoms with Crippen molar-refractivity contribution in [2.24, 2.45) is 0 Å². The molecule has 0 aliphatic heterocycles. The summed E-state index contributed by atoms with van der Waals surface area (Å²) in [5.41, 5.74) is 2.24. The number of nitrogens with one attached hydrogen (secondary N) is 2. The maximum Gasteiger partial charge on any atom is 0.234 e. The molecule has 2 N–H and O–H groups in total. The van der Waals surface area contributed by atoms with Gasteiger partial charge >= 0.3 is 0 Å². The molecule has 1 heterocycles. The number of carbonyl (C=O) groups excluding carboxylic acids is 1. The number of halogens is 1. The van der Waals surface area contributed by atoms with Crippen molar-refractivity contribution < 1.29 is 9.18 Å². The summed E-state index contributed by atoms with van der Waals surface area (Å²) in [5.74, 6) is 0.675. The summed E-state index contributed by atoms with van der Waals surface area (Å²) in [5, 5.41) is 10.1. The second kappa shape index (κ2) is 8.70. The highest BCUT2D eigenvalue weighted by molar-refractivity contribution is 8.00. The van der Waals surface area contributed by atoms with E-state index in [1.54, 1.807) is 24.3 Å². The van der Waals surface area contributed by atoms with Crippen LogP contribution in [0.2, 0.25) is 0 Å². The molecule has 4 aromatic rings. The second-order valence-corrected chi connectivity index (χ2v) is 7.20. The van der Waals surface area contributed by atoms with E-state index < -0.39 is 0 Å². The summed E-state index contributed by atoms with van der Waals surface area (Å²) in [7, 11) is 0. The number of rotatable bonds is 6. The molecule has 0 aliphatic rings. The van der Waals surface area contributed by atoms with Crippen molar-refractivity contribution >= 4 is 23.4 Å². The minimum Gasteiger partial charge on any atom is -0.325 e. The monoisotopic (exact) mass is 404 g/mol. The molecule has 7 heteroatoms. The number of thioether (sulfide) groups is 1. The predicted octanol–water partition coefficient (Wildman–Crippen LogP) is 5.01. The van der Waals surface area contributed by atoms with E-state index in [1.807, 2.05) is 48.5 Å².